The minimum atomic E-state index is -0.133. The maximum absolute atomic E-state index is 8.84. The van der Waals surface area contributed by atoms with Crippen LogP contribution in [0, 0.1) is 0 Å². The quantitative estimate of drug-likeness (QED) is 0.237. The first-order valence-electron chi connectivity index (χ1n) is 9.17. The van der Waals surface area contributed by atoms with Gasteiger partial charge in [0.05, 0.1) is 3.42 Å². The molecule has 2 radical (unpaired) electrons. The molecule has 4 nitrogen and oxygen atoms in total. The topological polar surface area (TPSA) is 58.9 Å². The third-order valence-corrected chi connectivity index (χ3v) is 5.83. The van der Waals surface area contributed by atoms with E-state index in [1.54, 1.807) is 15.0 Å². The Bertz CT molecular complexity index is 719. The smallest absolute Gasteiger partial charge is 0.329 e. The van der Waals surface area contributed by atoms with E-state index in [9.17, 15) is 0 Å². The Hall–Kier alpha value is -0.860. The summed E-state index contributed by atoms with van der Waals surface area (Å²) < 4.78 is 10.9. The van der Waals surface area contributed by atoms with Gasteiger partial charge in [0.1, 0.15) is 0 Å². The summed E-state index contributed by atoms with van der Waals surface area (Å²) in [7, 11) is 3.53. The summed E-state index contributed by atoms with van der Waals surface area (Å²) in [5.74, 6) is 0. The molecule has 0 aliphatic heterocycles. The molecule has 0 atom stereocenters. The number of aliphatic hydroxyl groups is 2. The van der Waals surface area contributed by atoms with E-state index in [0.29, 0.717) is 26.1 Å². The second-order valence-corrected chi connectivity index (χ2v) is 8.90. The normalized spacial score (nSPS) is 13.9. The van der Waals surface area contributed by atoms with Gasteiger partial charge in [0.15, 0.2) is 0 Å². The molecule has 27 heavy (non-hydrogen) atoms. The number of aliphatic hydroxyl groups excluding tert-OH is 2. The summed E-state index contributed by atoms with van der Waals surface area (Å²) in [6.45, 7) is 3.55. The lowest BCUT2D eigenvalue weighted by Gasteiger charge is -2.20. The van der Waals surface area contributed by atoms with Gasteiger partial charge in [0, 0.05) is 26.4 Å². The Kier molecular flexibility index (Phi) is 7.39. The fourth-order valence-electron chi connectivity index (χ4n) is 3.27. The van der Waals surface area contributed by atoms with Crippen LogP contribution in [-0.2, 0) is 12.7 Å². The van der Waals surface area contributed by atoms with Gasteiger partial charge in [-0.3, -0.25) is 0 Å². The van der Waals surface area contributed by atoms with Crippen molar-refractivity contribution in [2.75, 3.05) is 26.4 Å². The predicted molar refractivity (Wildman–Crippen MR) is 118 cm³/mol. The molecule has 2 aromatic carbocycles. The van der Waals surface area contributed by atoms with E-state index in [0.717, 1.165) is 10.9 Å². The van der Waals surface area contributed by atoms with Gasteiger partial charge in [-0.25, -0.2) is 0 Å². The van der Waals surface area contributed by atoms with Crippen molar-refractivity contribution < 1.29 is 19.5 Å². The highest BCUT2D eigenvalue weighted by Gasteiger charge is 2.37. The monoisotopic (exact) mass is 476 g/mol. The van der Waals surface area contributed by atoms with Crippen LogP contribution in [0.1, 0.15) is 30.9 Å². The summed E-state index contributed by atoms with van der Waals surface area (Å²) in [5.41, 5.74) is 7.11. The van der Waals surface area contributed by atoms with Crippen LogP contribution in [0.15, 0.2) is 36.4 Å². The second kappa shape index (κ2) is 9.56. The Balaban J connectivity index is 1.77. The average Bonchev–Trinajstić information content (AvgIpc) is 2.89. The predicted octanol–water partition coefficient (Wildman–Crippen LogP) is 1.65. The van der Waals surface area contributed by atoms with E-state index >= 15 is 0 Å². The second-order valence-electron chi connectivity index (χ2n) is 6.74. The lowest BCUT2D eigenvalue weighted by Crippen LogP contribution is -2.22. The van der Waals surface area contributed by atoms with Crippen molar-refractivity contribution in [2.45, 2.75) is 23.2 Å². The number of hydrogen-bond acceptors (Lipinski definition) is 4. The molecular formula is C20H23B2IO4. The maximum atomic E-state index is 8.84. The lowest BCUT2D eigenvalue weighted by molar-refractivity contribution is 0.240. The van der Waals surface area contributed by atoms with E-state index in [2.05, 4.69) is 65.9 Å². The van der Waals surface area contributed by atoms with Gasteiger partial charge in [0.2, 0.25) is 0 Å². The number of benzene rings is 2. The summed E-state index contributed by atoms with van der Waals surface area (Å²) in [5, 5.41) is 17.7. The number of halogens is 1. The first-order chi connectivity index (χ1) is 13.1. The molecule has 1 aliphatic rings. The van der Waals surface area contributed by atoms with Gasteiger partial charge in [-0.15, -0.1) is 0 Å². The lowest BCUT2D eigenvalue weighted by atomic mass is 9.83. The van der Waals surface area contributed by atoms with Gasteiger partial charge in [-0.2, -0.15) is 0 Å². The molecule has 0 bridgehead atoms. The van der Waals surface area contributed by atoms with E-state index in [1.165, 1.54) is 22.3 Å². The molecule has 0 unspecified atom stereocenters. The van der Waals surface area contributed by atoms with Crippen molar-refractivity contribution in [1.29, 1.82) is 0 Å². The van der Waals surface area contributed by atoms with Crippen LogP contribution in [0.4, 0.5) is 0 Å². The van der Waals surface area contributed by atoms with Crippen LogP contribution >= 0.6 is 22.6 Å². The first kappa shape index (κ1) is 20.9. The molecule has 0 saturated carbocycles. The molecule has 0 aromatic heterocycles. The molecule has 2 aromatic rings. The van der Waals surface area contributed by atoms with Gasteiger partial charge in [0.25, 0.3) is 0 Å². The zero-order chi connectivity index (χ0) is 19.3. The standard InChI is InChI=1S/C20H23B2IO4/c1-20(23)18-12-14(21-26-10-2-8-24)4-6-16(18)17-7-5-15(13-19(17)20)22-27-11-3-9-25/h4-7,12-13,24-25H,2-3,8-11H2,1H3. The largest absolute Gasteiger partial charge is 0.434 e. The number of rotatable bonds is 10. The van der Waals surface area contributed by atoms with E-state index in [-0.39, 0.29) is 16.6 Å². The molecule has 7 heteroatoms. The molecule has 0 amide bonds. The third-order valence-electron chi connectivity index (χ3n) is 4.67. The number of alkyl halides is 1. The van der Waals surface area contributed by atoms with Gasteiger partial charge < -0.3 is 19.5 Å². The highest BCUT2D eigenvalue weighted by atomic mass is 127. The minimum absolute atomic E-state index is 0.133. The highest BCUT2D eigenvalue weighted by Crippen LogP contribution is 2.51. The van der Waals surface area contributed by atoms with Crippen LogP contribution in [0.3, 0.4) is 0 Å². The van der Waals surface area contributed by atoms with Crippen LogP contribution in [0.5, 0.6) is 0 Å². The Labute approximate surface area is 176 Å². The van der Waals surface area contributed by atoms with Crippen LogP contribution in [0.25, 0.3) is 11.1 Å². The van der Waals surface area contributed by atoms with Crippen molar-refractivity contribution in [3.63, 3.8) is 0 Å². The van der Waals surface area contributed by atoms with Crippen molar-refractivity contribution in [1.82, 2.24) is 0 Å². The highest BCUT2D eigenvalue weighted by molar-refractivity contribution is 14.1. The Morgan fingerprint density at radius 3 is 1.70 bits per heavy atom. The molecule has 3 rings (SSSR count). The molecule has 0 saturated heterocycles. The van der Waals surface area contributed by atoms with Gasteiger partial charge in [-0.05, 0) is 42.0 Å². The van der Waals surface area contributed by atoms with Crippen molar-refractivity contribution in [2.24, 2.45) is 0 Å². The summed E-state index contributed by atoms with van der Waals surface area (Å²) >= 11 is 2.51. The summed E-state index contributed by atoms with van der Waals surface area (Å²) in [6, 6.07) is 12.8. The van der Waals surface area contributed by atoms with Crippen molar-refractivity contribution >= 4 is 48.5 Å². The zero-order valence-corrected chi connectivity index (χ0v) is 17.6. The van der Waals surface area contributed by atoms with E-state index in [1.807, 2.05) is 0 Å². The fraction of sp³-hybridized carbons (Fsp3) is 0.400. The molecule has 0 heterocycles. The van der Waals surface area contributed by atoms with E-state index in [4.69, 9.17) is 19.5 Å². The van der Waals surface area contributed by atoms with Crippen LogP contribution in [0.2, 0.25) is 0 Å². The number of fused-ring (bicyclic) bond motifs is 3. The Morgan fingerprint density at radius 1 is 0.852 bits per heavy atom. The van der Waals surface area contributed by atoms with Crippen molar-refractivity contribution in [3.8, 4) is 11.1 Å². The van der Waals surface area contributed by atoms with Gasteiger partial charge in [-0.1, -0.05) is 69.9 Å². The molecule has 1 aliphatic carbocycles. The first-order valence-corrected chi connectivity index (χ1v) is 10.3. The number of hydrogen-bond donors (Lipinski definition) is 2. The summed E-state index contributed by atoms with van der Waals surface area (Å²) in [6.07, 6.45) is 1.27. The fourth-order valence-corrected chi connectivity index (χ4v) is 4.16. The molecule has 140 valence electrons. The molecular weight excluding hydrogens is 453 g/mol. The molecule has 0 spiro atoms. The average molecular weight is 476 g/mol. The minimum Gasteiger partial charge on any atom is -0.434 e. The van der Waals surface area contributed by atoms with Crippen LogP contribution in [-0.4, -0.2) is 51.6 Å². The van der Waals surface area contributed by atoms with Gasteiger partial charge >= 0.3 is 15.0 Å². The Morgan fingerprint density at radius 2 is 1.30 bits per heavy atom. The van der Waals surface area contributed by atoms with E-state index < -0.39 is 0 Å². The van der Waals surface area contributed by atoms with Crippen molar-refractivity contribution in [3.05, 3.63) is 47.5 Å². The molecule has 2 N–H and O–H groups in total. The summed E-state index contributed by atoms with van der Waals surface area (Å²) in [4.78, 5) is 0. The maximum Gasteiger partial charge on any atom is 0.329 e. The SMILES string of the molecule is CC1(I)c2cc([B]OCCCO)ccc2-c2ccc([B]OCCCO)cc21. The zero-order valence-electron chi connectivity index (χ0n) is 15.5. The van der Waals surface area contributed by atoms with Crippen LogP contribution < -0.4 is 10.9 Å². The molecule has 0 fully saturated rings. The third kappa shape index (κ3) is 4.77.